The van der Waals surface area contributed by atoms with E-state index in [9.17, 15) is 4.79 Å². The lowest BCUT2D eigenvalue weighted by atomic mass is 10.1. The van der Waals surface area contributed by atoms with Crippen molar-refractivity contribution >= 4 is 5.91 Å². The largest absolute Gasteiger partial charge is 0.358 e. The molecular formula is C13H23N5O2. The maximum absolute atomic E-state index is 11.9. The molecule has 2 N–H and O–H groups in total. The first-order valence-electron chi connectivity index (χ1n) is 7.08. The Kier molecular flexibility index (Phi) is 5.08. The maximum Gasteiger partial charge on any atom is 0.238 e. The quantitative estimate of drug-likeness (QED) is 0.777. The predicted molar refractivity (Wildman–Crippen MR) is 74.0 cm³/mol. The molecule has 0 bridgehead atoms. The second kappa shape index (κ2) is 6.81. The minimum Gasteiger partial charge on any atom is -0.358 e. The lowest BCUT2D eigenvalue weighted by Crippen LogP contribution is -2.57. The Morgan fingerprint density at radius 2 is 2.40 bits per heavy atom. The van der Waals surface area contributed by atoms with Crippen LogP contribution >= 0.6 is 0 Å². The first kappa shape index (κ1) is 14.9. The molecule has 0 aromatic carbocycles. The summed E-state index contributed by atoms with van der Waals surface area (Å²) in [6.45, 7) is 7.08. The number of hydrogen-bond donors (Lipinski definition) is 2. The minimum atomic E-state index is -0.180. The Hall–Kier alpha value is -1.47. The molecule has 1 fully saturated rings. The molecule has 0 spiro atoms. The smallest absolute Gasteiger partial charge is 0.238 e. The molecule has 1 aliphatic rings. The molecule has 0 saturated carbocycles. The van der Waals surface area contributed by atoms with Crippen molar-refractivity contribution in [2.75, 3.05) is 26.7 Å². The summed E-state index contributed by atoms with van der Waals surface area (Å²) in [5.41, 5.74) is 0. The molecule has 7 nitrogen and oxygen atoms in total. The van der Waals surface area contributed by atoms with Crippen LogP contribution in [0.15, 0.2) is 4.52 Å². The lowest BCUT2D eigenvalue weighted by Gasteiger charge is -2.33. The van der Waals surface area contributed by atoms with E-state index in [-0.39, 0.29) is 11.9 Å². The third-order valence-corrected chi connectivity index (χ3v) is 3.34. The van der Waals surface area contributed by atoms with Crippen LogP contribution in [0.4, 0.5) is 0 Å². The summed E-state index contributed by atoms with van der Waals surface area (Å²) in [6, 6.07) is -0.180. The number of piperazine rings is 1. The van der Waals surface area contributed by atoms with Gasteiger partial charge >= 0.3 is 0 Å². The summed E-state index contributed by atoms with van der Waals surface area (Å²) < 4.78 is 5.24. The van der Waals surface area contributed by atoms with Crippen molar-refractivity contribution in [3.8, 4) is 0 Å². The van der Waals surface area contributed by atoms with Gasteiger partial charge in [-0.3, -0.25) is 9.69 Å². The second-order valence-corrected chi connectivity index (χ2v) is 5.51. The van der Waals surface area contributed by atoms with Crippen LogP contribution in [-0.2, 0) is 17.8 Å². The van der Waals surface area contributed by atoms with E-state index in [0.717, 1.165) is 19.5 Å². The van der Waals surface area contributed by atoms with Gasteiger partial charge < -0.3 is 15.2 Å². The first-order valence-corrected chi connectivity index (χ1v) is 7.08. The number of likely N-dealkylation sites (N-methyl/N-ethyl adjacent to an activating group) is 1. The molecule has 1 unspecified atom stereocenters. The van der Waals surface area contributed by atoms with Crippen molar-refractivity contribution < 1.29 is 9.32 Å². The average molecular weight is 281 g/mol. The summed E-state index contributed by atoms with van der Waals surface area (Å²) in [7, 11) is 1.66. The third-order valence-electron chi connectivity index (χ3n) is 3.34. The van der Waals surface area contributed by atoms with E-state index in [1.807, 2.05) is 0 Å². The van der Waals surface area contributed by atoms with Gasteiger partial charge in [0.1, 0.15) is 6.04 Å². The molecule has 2 rings (SSSR count). The molecule has 1 aliphatic heterocycles. The van der Waals surface area contributed by atoms with Gasteiger partial charge in [0.05, 0.1) is 6.54 Å². The zero-order chi connectivity index (χ0) is 14.5. The molecule has 20 heavy (non-hydrogen) atoms. The summed E-state index contributed by atoms with van der Waals surface area (Å²) in [4.78, 5) is 18.3. The molecule has 1 saturated heterocycles. The SMILES string of the molecule is CNC(=O)C1CNCCN1Cc1noc(CC(C)C)n1. The van der Waals surface area contributed by atoms with Crippen LogP contribution in [0.3, 0.4) is 0 Å². The van der Waals surface area contributed by atoms with Gasteiger partial charge in [-0.25, -0.2) is 0 Å². The Labute approximate surface area is 119 Å². The summed E-state index contributed by atoms with van der Waals surface area (Å²) in [6.07, 6.45) is 0.785. The van der Waals surface area contributed by atoms with E-state index < -0.39 is 0 Å². The van der Waals surface area contributed by atoms with Crippen LogP contribution < -0.4 is 10.6 Å². The summed E-state index contributed by atoms with van der Waals surface area (Å²) >= 11 is 0. The Morgan fingerprint density at radius 3 is 3.10 bits per heavy atom. The van der Waals surface area contributed by atoms with Crippen LogP contribution in [0, 0.1) is 5.92 Å². The van der Waals surface area contributed by atoms with Gasteiger partial charge in [-0.1, -0.05) is 19.0 Å². The number of aromatic nitrogens is 2. The monoisotopic (exact) mass is 281 g/mol. The van der Waals surface area contributed by atoms with E-state index >= 15 is 0 Å². The van der Waals surface area contributed by atoms with Gasteiger partial charge in [0.15, 0.2) is 5.82 Å². The van der Waals surface area contributed by atoms with Gasteiger partial charge in [0.2, 0.25) is 11.8 Å². The molecule has 2 heterocycles. The van der Waals surface area contributed by atoms with Crippen molar-refractivity contribution in [2.45, 2.75) is 32.9 Å². The molecular weight excluding hydrogens is 258 g/mol. The highest BCUT2D eigenvalue weighted by molar-refractivity contribution is 5.81. The molecule has 1 atom stereocenters. The highest BCUT2D eigenvalue weighted by Gasteiger charge is 2.28. The second-order valence-electron chi connectivity index (χ2n) is 5.51. The highest BCUT2D eigenvalue weighted by Crippen LogP contribution is 2.10. The van der Waals surface area contributed by atoms with Crippen LogP contribution in [0.25, 0.3) is 0 Å². The highest BCUT2D eigenvalue weighted by atomic mass is 16.5. The minimum absolute atomic E-state index is 0.0168. The van der Waals surface area contributed by atoms with E-state index in [2.05, 4.69) is 39.5 Å². The topological polar surface area (TPSA) is 83.3 Å². The van der Waals surface area contributed by atoms with Crippen LogP contribution in [-0.4, -0.2) is 53.7 Å². The average Bonchev–Trinajstić information content (AvgIpc) is 2.85. The van der Waals surface area contributed by atoms with E-state index in [0.29, 0.717) is 30.7 Å². The molecule has 1 amide bonds. The van der Waals surface area contributed by atoms with Gasteiger partial charge in [-0.05, 0) is 5.92 Å². The number of carbonyl (C=O) groups excluding carboxylic acids is 1. The van der Waals surface area contributed by atoms with Gasteiger partial charge in [0.25, 0.3) is 0 Å². The fourth-order valence-corrected chi connectivity index (χ4v) is 2.33. The summed E-state index contributed by atoms with van der Waals surface area (Å²) in [5, 5.41) is 9.93. The van der Waals surface area contributed by atoms with Crippen molar-refractivity contribution in [2.24, 2.45) is 5.92 Å². The maximum atomic E-state index is 11.9. The van der Waals surface area contributed by atoms with Crippen molar-refractivity contribution in [1.82, 2.24) is 25.7 Å². The molecule has 7 heteroatoms. The fourth-order valence-electron chi connectivity index (χ4n) is 2.33. The fraction of sp³-hybridized carbons (Fsp3) is 0.769. The van der Waals surface area contributed by atoms with Crippen molar-refractivity contribution in [3.05, 3.63) is 11.7 Å². The molecule has 1 aromatic rings. The lowest BCUT2D eigenvalue weighted by molar-refractivity contribution is -0.126. The molecule has 0 radical (unpaired) electrons. The van der Waals surface area contributed by atoms with E-state index in [1.165, 1.54) is 0 Å². The Morgan fingerprint density at radius 1 is 1.60 bits per heavy atom. The number of carbonyl (C=O) groups is 1. The molecule has 0 aliphatic carbocycles. The Bertz CT molecular complexity index is 446. The van der Waals surface area contributed by atoms with Crippen molar-refractivity contribution in [3.63, 3.8) is 0 Å². The molecule has 112 valence electrons. The Balaban J connectivity index is 1.99. The predicted octanol–water partition coefficient (Wildman–Crippen LogP) is -0.212. The normalized spacial score (nSPS) is 20.3. The number of amides is 1. The molecule has 1 aromatic heterocycles. The third kappa shape index (κ3) is 3.77. The van der Waals surface area contributed by atoms with Crippen LogP contribution in [0.2, 0.25) is 0 Å². The number of hydrogen-bond acceptors (Lipinski definition) is 6. The number of rotatable bonds is 5. The van der Waals surface area contributed by atoms with Crippen molar-refractivity contribution in [1.29, 1.82) is 0 Å². The summed E-state index contributed by atoms with van der Waals surface area (Å²) in [5.74, 6) is 1.82. The van der Waals surface area contributed by atoms with Crippen LogP contribution in [0.5, 0.6) is 0 Å². The zero-order valence-corrected chi connectivity index (χ0v) is 12.3. The van der Waals surface area contributed by atoms with Gasteiger partial charge in [-0.15, -0.1) is 0 Å². The van der Waals surface area contributed by atoms with Gasteiger partial charge in [-0.2, -0.15) is 4.98 Å². The van der Waals surface area contributed by atoms with Crippen LogP contribution in [0.1, 0.15) is 25.6 Å². The van der Waals surface area contributed by atoms with Gasteiger partial charge in [0, 0.05) is 33.1 Å². The first-order chi connectivity index (χ1) is 9.60. The standard InChI is InChI=1S/C13H23N5O2/c1-9(2)6-12-16-11(17-20-12)8-18-5-4-15-7-10(18)13(19)14-3/h9-10,15H,4-8H2,1-3H3,(H,14,19). The number of nitrogens with one attached hydrogen (secondary N) is 2. The number of nitrogens with zero attached hydrogens (tertiary/aromatic N) is 3. The van der Waals surface area contributed by atoms with E-state index in [4.69, 9.17) is 4.52 Å². The van der Waals surface area contributed by atoms with E-state index in [1.54, 1.807) is 7.05 Å². The zero-order valence-electron chi connectivity index (χ0n) is 12.3.